The van der Waals surface area contributed by atoms with Gasteiger partial charge in [0.05, 0.1) is 21.2 Å². The SMILES string of the molecule is Nc1cc(S(=O)(=O)O)cc2cc(S(=O)(=O)O)c(/N=N/c3ccc(/C=C/c4ccc(/N=N/c5c(S(=O)(=O)O)cc6cc(S(=O)(=O)O)cc(N)c6c5O)cc4S(=O)(=O)O)c(S(=O)(=O)O)c3)c(O)c12. The summed E-state index contributed by atoms with van der Waals surface area (Å²) < 4.78 is 204. The molecule has 0 aliphatic carbocycles. The van der Waals surface area contributed by atoms with Crippen LogP contribution in [0, 0.1) is 0 Å². The number of nitrogens with zero attached hydrogens (tertiary/aromatic N) is 4. The molecule has 0 spiro atoms. The van der Waals surface area contributed by atoms with E-state index in [1.165, 1.54) is 0 Å². The summed E-state index contributed by atoms with van der Waals surface area (Å²) in [5.41, 5.74) is 6.99. The number of phenolic OH excluding ortho intramolecular Hbond substituents is 2. The molecule has 0 aliphatic heterocycles. The van der Waals surface area contributed by atoms with Crippen molar-refractivity contribution in [2.24, 2.45) is 20.5 Å². The predicted octanol–water partition coefficient (Wildman–Crippen LogP) is 5.05. The van der Waals surface area contributed by atoms with E-state index in [0.29, 0.717) is 36.4 Å². The molecule has 0 saturated heterocycles. The van der Waals surface area contributed by atoms with E-state index < -0.39 is 157 Å². The van der Waals surface area contributed by atoms with Crippen LogP contribution in [0.4, 0.5) is 34.1 Å². The molecule has 26 nitrogen and oxygen atoms in total. The van der Waals surface area contributed by atoms with Crippen molar-refractivity contribution < 1.29 is 88.0 Å². The molecule has 6 aromatic carbocycles. The molecule has 0 atom stereocenters. The third kappa shape index (κ3) is 10.1. The standard InChI is InChI=1S/C34H26N6O20S6/c35-23-13-21(61(43,44)45)7-17-9-27(65(55,56)57)31(33(41)29(17)23)39-37-19-5-3-15(25(11-19)63(49,50)51)1-2-16-4-6-20(12-26(16)64(52,53)54)38-40-32-28(66(58,59)60)10-18-8-22(62(46,47)48)14-24(36)30(18)34(32)42/h1-14,41-42H,35-36H2,(H,43,44,45)(H,46,47,48)(H,49,50,51)(H,52,53,54)(H,55,56,57)(H,58,59,60)/b2-1+,39-37+,40-38+. The van der Waals surface area contributed by atoms with E-state index in [0.717, 1.165) is 48.6 Å². The average Bonchev–Trinajstić information content (AvgIpc) is 3.16. The minimum atomic E-state index is -5.29. The summed E-state index contributed by atoms with van der Waals surface area (Å²) in [6.07, 6.45) is 1.85. The predicted molar refractivity (Wildman–Crippen MR) is 229 cm³/mol. The number of hydrogen-bond donors (Lipinski definition) is 10. The Morgan fingerprint density at radius 1 is 0.394 bits per heavy atom. The minimum absolute atomic E-state index is 0.386. The molecule has 6 rings (SSSR count). The van der Waals surface area contributed by atoms with Crippen LogP contribution in [0.15, 0.2) is 123 Å². The summed E-state index contributed by atoms with van der Waals surface area (Å²) >= 11 is 0. The third-order valence-electron chi connectivity index (χ3n) is 8.98. The van der Waals surface area contributed by atoms with Gasteiger partial charge in [0.1, 0.15) is 31.0 Å². The smallest absolute Gasteiger partial charge is 0.296 e. The number of rotatable bonds is 12. The molecule has 0 heterocycles. The summed E-state index contributed by atoms with van der Waals surface area (Å²) in [7, 11) is -30.8. The second-order valence-electron chi connectivity index (χ2n) is 13.4. The Bertz CT molecular complexity index is 3660. The molecule has 32 heteroatoms. The van der Waals surface area contributed by atoms with Crippen molar-refractivity contribution in [1.82, 2.24) is 0 Å². The van der Waals surface area contributed by atoms with E-state index in [4.69, 9.17) is 11.5 Å². The number of azo groups is 2. The molecule has 66 heavy (non-hydrogen) atoms. The number of aromatic hydroxyl groups is 2. The molecule has 348 valence electrons. The van der Waals surface area contributed by atoms with Gasteiger partial charge >= 0.3 is 0 Å². The number of hydrogen-bond acceptors (Lipinski definition) is 20. The summed E-state index contributed by atoms with van der Waals surface area (Å²) in [6, 6.07) is 9.48. The first-order valence-corrected chi connectivity index (χ1v) is 25.6. The fourth-order valence-corrected chi connectivity index (χ4v) is 9.98. The van der Waals surface area contributed by atoms with Crippen molar-refractivity contribution in [2.45, 2.75) is 29.4 Å². The average molecular weight is 1030 g/mol. The van der Waals surface area contributed by atoms with Crippen LogP contribution in [-0.4, -0.2) is 88.0 Å². The van der Waals surface area contributed by atoms with Gasteiger partial charge in [-0.15, -0.1) is 10.2 Å². The zero-order valence-corrected chi connectivity index (χ0v) is 36.9. The first-order chi connectivity index (χ1) is 30.2. The van der Waals surface area contributed by atoms with Crippen LogP contribution < -0.4 is 11.5 Å². The maximum absolute atomic E-state index is 12.5. The first-order valence-electron chi connectivity index (χ1n) is 17.0. The maximum Gasteiger partial charge on any atom is 0.296 e. The minimum Gasteiger partial charge on any atom is -0.505 e. The molecular formula is C34H26N6O20S6. The van der Waals surface area contributed by atoms with Crippen molar-refractivity contribution >= 4 is 129 Å². The Balaban J connectivity index is 1.40. The summed E-state index contributed by atoms with van der Waals surface area (Å²) in [4.78, 5) is -5.79. The summed E-state index contributed by atoms with van der Waals surface area (Å²) in [6.45, 7) is 0. The van der Waals surface area contributed by atoms with Crippen molar-refractivity contribution in [3.63, 3.8) is 0 Å². The lowest BCUT2D eigenvalue weighted by atomic mass is 10.1. The molecule has 0 unspecified atom stereocenters. The number of benzene rings is 6. The second kappa shape index (κ2) is 16.7. The van der Waals surface area contributed by atoms with Crippen molar-refractivity contribution in [2.75, 3.05) is 11.5 Å². The molecule has 6 aromatic rings. The first kappa shape index (κ1) is 48.9. The molecule has 0 aliphatic rings. The van der Waals surface area contributed by atoms with Crippen LogP contribution in [-0.2, 0) is 60.7 Å². The molecule has 0 amide bonds. The quantitative estimate of drug-likeness (QED) is 0.0332. The van der Waals surface area contributed by atoms with Crippen LogP contribution in [0.5, 0.6) is 11.5 Å². The Labute approximate surface area is 371 Å². The highest BCUT2D eigenvalue weighted by molar-refractivity contribution is 7.87. The van der Waals surface area contributed by atoms with Gasteiger partial charge in [0, 0.05) is 22.1 Å². The fourth-order valence-electron chi connectivity index (χ4n) is 6.15. The number of phenols is 2. The molecular weight excluding hydrogens is 1000 g/mol. The molecule has 0 radical (unpaired) electrons. The lowest BCUT2D eigenvalue weighted by Crippen LogP contribution is -2.03. The normalized spacial score (nSPS) is 13.5. The van der Waals surface area contributed by atoms with Gasteiger partial charge in [0.15, 0.2) is 11.5 Å². The molecule has 12 N–H and O–H groups in total. The fraction of sp³-hybridized carbons (Fsp3) is 0. The van der Waals surface area contributed by atoms with Crippen LogP contribution in [0.3, 0.4) is 0 Å². The number of anilines is 2. The van der Waals surface area contributed by atoms with E-state index in [1.807, 2.05) is 0 Å². The van der Waals surface area contributed by atoms with Gasteiger partial charge in [-0.2, -0.15) is 60.7 Å². The van der Waals surface area contributed by atoms with Crippen LogP contribution in [0.1, 0.15) is 11.1 Å². The van der Waals surface area contributed by atoms with Gasteiger partial charge in [-0.25, -0.2) is 0 Å². The number of nitrogen functional groups attached to an aromatic ring is 2. The van der Waals surface area contributed by atoms with Crippen LogP contribution in [0.25, 0.3) is 33.7 Å². The van der Waals surface area contributed by atoms with Crippen LogP contribution >= 0.6 is 0 Å². The van der Waals surface area contributed by atoms with E-state index in [1.54, 1.807) is 0 Å². The van der Waals surface area contributed by atoms with E-state index in [2.05, 4.69) is 20.5 Å². The van der Waals surface area contributed by atoms with Gasteiger partial charge in [-0.3, -0.25) is 27.3 Å². The van der Waals surface area contributed by atoms with Crippen LogP contribution in [0.2, 0.25) is 0 Å². The van der Waals surface area contributed by atoms with Gasteiger partial charge in [0.2, 0.25) is 0 Å². The monoisotopic (exact) mass is 1030 g/mol. The lowest BCUT2D eigenvalue weighted by molar-refractivity contribution is 0.471. The summed E-state index contributed by atoms with van der Waals surface area (Å²) in [5, 5.41) is 34.8. The highest BCUT2D eigenvalue weighted by Crippen LogP contribution is 2.46. The second-order valence-corrected chi connectivity index (χ2v) is 21.8. The topological polar surface area (TPSA) is 468 Å². The zero-order chi connectivity index (χ0) is 49.3. The molecule has 0 bridgehead atoms. The Kier molecular flexibility index (Phi) is 12.4. The maximum atomic E-state index is 12.5. The summed E-state index contributed by atoms with van der Waals surface area (Å²) in [5.74, 6) is -2.14. The van der Waals surface area contributed by atoms with Gasteiger partial charge in [-0.1, -0.05) is 24.3 Å². The number of fused-ring (bicyclic) bond motifs is 2. The molecule has 0 aromatic heterocycles. The van der Waals surface area contributed by atoms with E-state index >= 15 is 0 Å². The van der Waals surface area contributed by atoms with Gasteiger partial charge in [0.25, 0.3) is 60.7 Å². The molecule has 0 saturated carbocycles. The van der Waals surface area contributed by atoms with Crippen molar-refractivity contribution in [3.8, 4) is 11.5 Å². The number of nitrogens with two attached hydrogens (primary N) is 2. The van der Waals surface area contributed by atoms with Crippen molar-refractivity contribution in [1.29, 1.82) is 0 Å². The highest BCUT2D eigenvalue weighted by atomic mass is 32.2. The van der Waals surface area contributed by atoms with Gasteiger partial charge < -0.3 is 21.7 Å². The molecule has 0 fully saturated rings. The Hall–Kier alpha value is -6.56. The Morgan fingerprint density at radius 2 is 0.712 bits per heavy atom. The van der Waals surface area contributed by atoms with Gasteiger partial charge in [-0.05, 0) is 82.6 Å². The van der Waals surface area contributed by atoms with Crippen molar-refractivity contribution in [3.05, 3.63) is 83.9 Å². The zero-order valence-electron chi connectivity index (χ0n) is 32.0. The largest absolute Gasteiger partial charge is 0.505 e. The lowest BCUT2D eigenvalue weighted by Gasteiger charge is -2.12. The highest BCUT2D eigenvalue weighted by Gasteiger charge is 2.27. The van der Waals surface area contributed by atoms with E-state index in [-0.39, 0.29) is 11.1 Å². The van der Waals surface area contributed by atoms with E-state index in [9.17, 15) is 88.0 Å². The third-order valence-corrected chi connectivity index (χ3v) is 14.2. The Morgan fingerprint density at radius 3 is 1.00 bits per heavy atom.